The third kappa shape index (κ3) is 10.9. The van der Waals surface area contributed by atoms with Gasteiger partial charge in [0.25, 0.3) is 0 Å². The molecule has 0 aliphatic heterocycles. The Hall–Kier alpha value is -0.621. The fraction of sp³-hybridized carbons (Fsp3) is 0.857. The van der Waals surface area contributed by atoms with Crippen LogP contribution in [0, 0.1) is 23.7 Å². The van der Waals surface area contributed by atoms with Crippen molar-refractivity contribution < 1.29 is 38.1 Å². The van der Waals surface area contributed by atoms with Crippen LogP contribution in [0.25, 0.3) is 0 Å². The quantitative estimate of drug-likeness (QED) is 0.0716. The topological polar surface area (TPSA) is 105 Å². The number of ether oxygens (including phenoxy) is 4. The van der Waals surface area contributed by atoms with Crippen LogP contribution in [0.2, 0.25) is 0 Å². The van der Waals surface area contributed by atoms with Crippen LogP contribution in [0.5, 0.6) is 0 Å². The molecule has 0 spiro atoms. The fourth-order valence-electron chi connectivity index (χ4n) is 4.71. The van der Waals surface area contributed by atoms with E-state index in [-0.39, 0.29) is 17.7 Å². The van der Waals surface area contributed by atoms with E-state index < -0.39 is 52.5 Å². The maximum atomic E-state index is 13.5. The molecule has 2 radical (unpaired) electrons. The van der Waals surface area contributed by atoms with E-state index in [2.05, 4.69) is 27.7 Å². The third-order valence-electron chi connectivity index (χ3n) is 7.34. The summed E-state index contributed by atoms with van der Waals surface area (Å²) in [5.41, 5.74) is -0.852. The Bertz CT molecular complexity index is 838. The molecular weight excluding hydrogens is 647 g/mol. The van der Waals surface area contributed by atoms with Crippen molar-refractivity contribution in [3.8, 4) is 0 Å². The van der Waals surface area contributed by atoms with Crippen molar-refractivity contribution in [1.29, 1.82) is 0 Å². The molecule has 0 amide bonds. The minimum atomic E-state index is -1.31. The zero-order valence-corrected chi connectivity index (χ0v) is 28.9. The second-order valence-electron chi connectivity index (χ2n) is 11.5. The van der Waals surface area contributed by atoms with Gasteiger partial charge in [0.1, 0.15) is 0 Å². The molecular formula is C28H46O8S2Sn. The summed E-state index contributed by atoms with van der Waals surface area (Å²) in [7, 11) is 5.67. The second kappa shape index (κ2) is 16.7. The number of hydrogen-bond donors (Lipinski definition) is 0. The molecule has 4 atom stereocenters. The van der Waals surface area contributed by atoms with E-state index in [4.69, 9.17) is 18.9 Å². The molecule has 0 aromatic carbocycles. The molecule has 0 heterocycles. The molecule has 2 saturated carbocycles. The van der Waals surface area contributed by atoms with E-state index in [1.54, 1.807) is 0 Å². The molecule has 0 saturated heterocycles. The van der Waals surface area contributed by atoms with Gasteiger partial charge in [0.15, 0.2) is 0 Å². The van der Waals surface area contributed by atoms with Crippen LogP contribution in [0.3, 0.4) is 0 Å². The average molecular weight is 694 g/mol. The molecule has 0 aromatic heterocycles. The van der Waals surface area contributed by atoms with Gasteiger partial charge in [0, 0.05) is 0 Å². The first-order valence-electron chi connectivity index (χ1n) is 14.1. The summed E-state index contributed by atoms with van der Waals surface area (Å²) in [6, 6.07) is 0. The van der Waals surface area contributed by atoms with Gasteiger partial charge in [-0.05, 0) is 0 Å². The van der Waals surface area contributed by atoms with Gasteiger partial charge in [0.2, 0.25) is 0 Å². The van der Waals surface area contributed by atoms with E-state index >= 15 is 0 Å². The van der Waals surface area contributed by atoms with Gasteiger partial charge < -0.3 is 0 Å². The summed E-state index contributed by atoms with van der Waals surface area (Å²) < 4.78 is 20.3. The van der Waals surface area contributed by atoms with E-state index in [0.717, 1.165) is 38.5 Å². The normalized spacial score (nSPS) is 25.3. The van der Waals surface area contributed by atoms with Crippen LogP contribution >= 0.6 is 17.9 Å². The Morgan fingerprint density at radius 3 is 2.08 bits per heavy atom. The molecule has 0 aromatic rings. The number of hydrogen-bond acceptors (Lipinski definition) is 10. The van der Waals surface area contributed by atoms with E-state index in [0.29, 0.717) is 37.7 Å². The first-order valence-corrected chi connectivity index (χ1v) is 22.9. The van der Waals surface area contributed by atoms with Crippen molar-refractivity contribution in [3.05, 3.63) is 0 Å². The first kappa shape index (κ1) is 34.6. The summed E-state index contributed by atoms with van der Waals surface area (Å²) >= 11 is -1.31. The van der Waals surface area contributed by atoms with Crippen LogP contribution in [-0.4, -0.2) is 79.2 Å². The Labute approximate surface area is 249 Å². The van der Waals surface area contributed by atoms with Gasteiger partial charge in [-0.2, -0.15) is 0 Å². The number of unbranched alkanes of at least 4 members (excludes halogenated alkanes) is 3. The fourth-order valence-corrected chi connectivity index (χ4v) is 17.1. The monoisotopic (exact) mass is 694 g/mol. The molecule has 11 heteroatoms. The minimum absolute atomic E-state index is 0.235. The Balaban J connectivity index is 1.87. The van der Waals surface area contributed by atoms with Crippen LogP contribution in [0.1, 0.15) is 91.9 Å². The molecule has 2 rings (SSSR count). The summed E-state index contributed by atoms with van der Waals surface area (Å²) in [4.78, 5) is 50.3. The summed E-state index contributed by atoms with van der Waals surface area (Å²) in [5.74, 6) is -0.955. The van der Waals surface area contributed by atoms with Crippen LogP contribution in [0.15, 0.2) is 0 Å². The van der Waals surface area contributed by atoms with Crippen LogP contribution in [-0.2, 0) is 38.1 Å². The molecule has 2 aliphatic rings. The molecule has 0 bridgehead atoms. The molecule has 2 aliphatic carbocycles. The maximum absolute atomic E-state index is 13.5. The standard InChI is InChI=1S/C18H28O6S.C10H20O2S.Sn/c1-11(2)7-5-6-8-17(9-12(17)14(19)22-3)24-16(21)18(25)10-13(18)15(20)23-4;1-9(2)6-4-3-5-7-12-10(11)8-13;/h11-13,25H,5-10H2,1-4H3;9,13H,3-8H2,1-2H3;/q;;+2/p-2. The van der Waals surface area contributed by atoms with Crippen LogP contribution in [0.4, 0.5) is 0 Å². The number of carbonyl (C=O) groups is 4. The number of rotatable bonds is 20. The summed E-state index contributed by atoms with van der Waals surface area (Å²) in [6.45, 7) is 9.19. The van der Waals surface area contributed by atoms with Crippen molar-refractivity contribution in [3.63, 3.8) is 0 Å². The Kier molecular flexibility index (Phi) is 14.8. The SMILES string of the molecule is COC(=O)C1CC1(CCCCC(C)C)OC(=O)C1([S][Sn][S]CC(=O)OCCCCCC(C)C)CC1C(=O)OC. The Morgan fingerprint density at radius 2 is 1.46 bits per heavy atom. The molecule has 39 heavy (non-hydrogen) atoms. The summed E-state index contributed by atoms with van der Waals surface area (Å²) in [5, 5.41) is 0. The van der Waals surface area contributed by atoms with Gasteiger partial charge in [-0.25, -0.2) is 0 Å². The summed E-state index contributed by atoms with van der Waals surface area (Å²) in [6.07, 6.45) is 8.60. The van der Waals surface area contributed by atoms with Gasteiger partial charge in [-0.3, -0.25) is 0 Å². The average Bonchev–Trinajstić information content (AvgIpc) is 3.80. The zero-order valence-electron chi connectivity index (χ0n) is 24.4. The predicted molar refractivity (Wildman–Crippen MR) is 155 cm³/mol. The third-order valence-corrected chi connectivity index (χ3v) is 19.0. The van der Waals surface area contributed by atoms with Crippen molar-refractivity contribution in [2.75, 3.05) is 26.6 Å². The van der Waals surface area contributed by atoms with Gasteiger partial charge in [0.05, 0.1) is 0 Å². The molecule has 2 fully saturated rings. The predicted octanol–water partition coefficient (Wildman–Crippen LogP) is 5.37. The van der Waals surface area contributed by atoms with Crippen molar-refractivity contribution in [2.45, 2.75) is 102 Å². The van der Waals surface area contributed by atoms with Gasteiger partial charge >= 0.3 is 251 Å². The molecule has 222 valence electrons. The van der Waals surface area contributed by atoms with Gasteiger partial charge in [-0.1, -0.05) is 0 Å². The zero-order chi connectivity index (χ0) is 29.1. The number of esters is 4. The van der Waals surface area contributed by atoms with E-state index in [1.807, 2.05) is 0 Å². The molecule has 8 nitrogen and oxygen atoms in total. The number of methoxy groups -OCH3 is 2. The van der Waals surface area contributed by atoms with Gasteiger partial charge in [-0.15, -0.1) is 0 Å². The van der Waals surface area contributed by atoms with Crippen LogP contribution < -0.4 is 0 Å². The Morgan fingerprint density at radius 1 is 0.846 bits per heavy atom. The first-order chi connectivity index (χ1) is 18.5. The van der Waals surface area contributed by atoms with Crippen molar-refractivity contribution in [1.82, 2.24) is 0 Å². The molecule has 4 unspecified atom stereocenters. The van der Waals surface area contributed by atoms with Crippen molar-refractivity contribution >= 4 is 60.1 Å². The van der Waals surface area contributed by atoms with E-state index in [1.165, 1.54) is 38.5 Å². The number of carbonyl (C=O) groups excluding carboxylic acids is 4. The van der Waals surface area contributed by atoms with Crippen molar-refractivity contribution in [2.24, 2.45) is 23.7 Å². The second-order valence-corrected chi connectivity index (χ2v) is 22.2. The van der Waals surface area contributed by atoms with E-state index in [9.17, 15) is 19.2 Å². The molecule has 0 N–H and O–H groups in total.